The Kier molecular flexibility index (Phi) is 5.13. The smallest absolute Gasteiger partial charge is 0.0977 e. The lowest BCUT2D eigenvalue weighted by molar-refractivity contribution is 0.0150. The summed E-state index contributed by atoms with van der Waals surface area (Å²) in [5.41, 5.74) is 0. The van der Waals surface area contributed by atoms with E-state index in [-0.39, 0.29) is 5.92 Å². The standard InChI is InChI=1S/C9H18O3/c1-4-8(11)9(12)5-6(2)7(3)10/h4,6-12H,1,5H2,2-3H3/t6?,7?,8-,9+/m0/s1. The SMILES string of the molecule is C=C[C@H](O)[C@H](O)CC(C)C(C)O. The summed E-state index contributed by atoms with van der Waals surface area (Å²) in [6.07, 6.45) is -0.514. The molecule has 0 rings (SSSR count). The summed E-state index contributed by atoms with van der Waals surface area (Å²) in [7, 11) is 0. The van der Waals surface area contributed by atoms with Crippen molar-refractivity contribution in [1.82, 2.24) is 0 Å². The highest BCUT2D eigenvalue weighted by Crippen LogP contribution is 2.13. The average Bonchev–Trinajstić information content (AvgIpc) is 2.02. The molecule has 0 spiro atoms. The number of aliphatic hydroxyl groups is 3. The first-order valence-electron chi connectivity index (χ1n) is 4.15. The van der Waals surface area contributed by atoms with Gasteiger partial charge >= 0.3 is 0 Å². The summed E-state index contributed by atoms with van der Waals surface area (Å²) < 4.78 is 0. The Labute approximate surface area is 73.4 Å². The predicted molar refractivity (Wildman–Crippen MR) is 47.7 cm³/mol. The summed E-state index contributed by atoms with van der Waals surface area (Å²) in [4.78, 5) is 0. The Morgan fingerprint density at radius 3 is 2.08 bits per heavy atom. The van der Waals surface area contributed by atoms with Gasteiger partial charge in [0.15, 0.2) is 0 Å². The summed E-state index contributed by atoms with van der Waals surface area (Å²) in [6.45, 7) is 6.85. The van der Waals surface area contributed by atoms with E-state index >= 15 is 0 Å². The number of hydrogen-bond donors (Lipinski definition) is 3. The molecule has 0 bridgehead atoms. The molecule has 0 aromatic rings. The maximum atomic E-state index is 9.30. The second-order valence-corrected chi connectivity index (χ2v) is 3.25. The van der Waals surface area contributed by atoms with Crippen molar-refractivity contribution in [2.75, 3.05) is 0 Å². The van der Waals surface area contributed by atoms with Gasteiger partial charge in [-0.1, -0.05) is 13.0 Å². The van der Waals surface area contributed by atoms with E-state index in [0.29, 0.717) is 6.42 Å². The first-order valence-corrected chi connectivity index (χ1v) is 4.15. The average molecular weight is 174 g/mol. The van der Waals surface area contributed by atoms with Gasteiger partial charge in [0.25, 0.3) is 0 Å². The van der Waals surface area contributed by atoms with E-state index in [2.05, 4.69) is 6.58 Å². The second kappa shape index (κ2) is 5.30. The number of aliphatic hydroxyl groups excluding tert-OH is 3. The van der Waals surface area contributed by atoms with E-state index in [1.807, 2.05) is 6.92 Å². The number of hydrogen-bond acceptors (Lipinski definition) is 3. The maximum absolute atomic E-state index is 9.30. The third kappa shape index (κ3) is 3.85. The molecule has 0 heterocycles. The van der Waals surface area contributed by atoms with Crippen molar-refractivity contribution in [2.24, 2.45) is 5.92 Å². The predicted octanol–water partition coefficient (Wildman–Crippen LogP) is 0.301. The van der Waals surface area contributed by atoms with E-state index in [0.717, 1.165) is 0 Å². The zero-order chi connectivity index (χ0) is 9.72. The first kappa shape index (κ1) is 11.6. The fourth-order valence-corrected chi connectivity index (χ4v) is 0.874. The third-order valence-corrected chi connectivity index (χ3v) is 2.07. The molecule has 0 aromatic carbocycles. The summed E-state index contributed by atoms with van der Waals surface area (Å²) >= 11 is 0. The van der Waals surface area contributed by atoms with Crippen LogP contribution >= 0.6 is 0 Å². The molecule has 0 saturated heterocycles. The van der Waals surface area contributed by atoms with Gasteiger partial charge in [-0.25, -0.2) is 0 Å². The van der Waals surface area contributed by atoms with Crippen LogP contribution in [0.4, 0.5) is 0 Å². The molecule has 0 amide bonds. The Balaban J connectivity index is 3.82. The fourth-order valence-electron chi connectivity index (χ4n) is 0.874. The molecule has 0 aromatic heterocycles. The van der Waals surface area contributed by atoms with Crippen LogP contribution in [-0.2, 0) is 0 Å². The minimum Gasteiger partial charge on any atom is -0.393 e. The Morgan fingerprint density at radius 1 is 1.25 bits per heavy atom. The van der Waals surface area contributed by atoms with Gasteiger partial charge in [0.2, 0.25) is 0 Å². The van der Waals surface area contributed by atoms with Crippen molar-refractivity contribution in [2.45, 2.75) is 38.6 Å². The molecule has 0 fully saturated rings. The Morgan fingerprint density at radius 2 is 1.75 bits per heavy atom. The summed E-state index contributed by atoms with van der Waals surface area (Å²) in [6, 6.07) is 0. The van der Waals surface area contributed by atoms with Gasteiger partial charge in [0, 0.05) is 0 Å². The van der Waals surface area contributed by atoms with Crippen LogP contribution in [0.3, 0.4) is 0 Å². The molecule has 3 heteroatoms. The van der Waals surface area contributed by atoms with E-state index in [1.165, 1.54) is 6.08 Å². The van der Waals surface area contributed by atoms with Gasteiger partial charge in [-0.3, -0.25) is 0 Å². The van der Waals surface area contributed by atoms with Crippen molar-refractivity contribution >= 4 is 0 Å². The molecule has 0 radical (unpaired) electrons. The van der Waals surface area contributed by atoms with Gasteiger partial charge in [-0.2, -0.15) is 0 Å². The summed E-state index contributed by atoms with van der Waals surface area (Å²) in [5.74, 6) is -0.0189. The molecule has 3 nitrogen and oxygen atoms in total. The topological polar surface area (TPSA) is 60.7 Å². The van der Waals surface area contributed by atoms with E-state index in [1.54, 1.807) is 6.92 Å². The van der Waals surface area contributed by atoms with Crippen molar-refractivity contribution in [3.63, 3.8) is 0 Å². The molecular formula is C9H18O3. The van der Waals surface area contributed by atoms with Crippen LogP contribution in [-0.4, -0.2) is 33.6 Å². The van der Waals surface area contributed by atoms with Crippen molar-refractivity contribution in [3.05, 3.63) is 12.7 Å². The Bertz CT molecular complexity index is 134. The van der Waals surface area contributed by atoms with Gasteiger partial charge in [0.05, 0.1) is 18.3 Å². The first-order chi connectivity index (χ1) is 5.49. The van der Waals surface area contributed by atoms with E-state index in [9.17, 15) is 5.11 Å². The minimum absolute atomic E-state index is 0.0189. The zero-order valence-electron chi connectivity index (χ0n) is 7.64. The zero-order valence-corrected chi connectivity index (χ0v) is 7.64. The van der Waals surface area contributed by atoms with Crippen molar-refractivity contribution < 1.29 is 15.3 Å². The van der Waals surface area contributed by atoms with Gasteiger partial charge in [-0.05, 0) is 19.3 Å². The molecule has 0 aliphatic heterocycles. The molecule has 4 atom stereocenters. The highest BCUT2D eigenvalue weighted by Gasteiger charge is 2.18. The van der Waals surface area contributed by atoms with Crippen LogP contribution in [0, 0.1) is 5.92 Å². The molecule has 2 unspecified atom stereocenters. The van der Waals surface area contributed by atoms with Crippen LogP contribution in [0.1, 0.15) is 20.3 Å². The van der Waals surface area contributed by atoms with E-state index < -0.39 is 18.3 Å². The molecule has 72 valence electrons. The highest BCUT2D eigenvalue weighted by molar-refractivity contribution is 4.85. The normalized spacial score (nSPS) is 21.1. The van der Waals surface area contributed by atoms with E-state index in [4.69, 9.17) is 10.2 Å². The largest absolute Gasteiger partial charge is 0.393 e. The Hall–Kier alpha value is -0.380. The highest BCUT2D eigenvalue weighted by atomic mass is 16.3. The van der Waals surface area contributed by atoms with Crippen LogP contribution < -0.4 is 0 Å². The molecule has 0 aliphatic rings. The molecule has 0 saturated carbocycles. The van der Waals surface area contributed by atoms with Crippen LogP contribution in [0.25, 0.3) is 0 Å². The maximum Gasteiger partial charge on any atom is 0.0977 e. The quantitative estimate of drug-likeness (QED) is 0.525. The lowest BCUT2D eigenvalue weighted by Gasteiger charge is -2.20. The summed E-state index contributed by atoms with van der Waals surface area (Å²) in [5, 5.41) is 27.5. The van der Waals surface area contributed by atoms with Crippen LogP contribution in [0.15, 0.2) is 12.7 Å². The molecular weight excluding hydrogens is 156 g/mol. The second-order valence-electron chi connectivity index (χ2n) is 3.25. The van der Waals surface area contributed by atoms with Gasteiger partial charge in [-0.15, -0.1) is 6.58 Å². The third-order valence-electron chi connectivity index (χ3n) is 2.07. The van der Waals surface area contributed by atoms with Gasteiger partial charge in [0.1, 0.15) is 0 Å². The molecule has 0 aliphatic carbocycles. The molecule has 3 N–H and O–H groups in total. The van der Waals surface area contributed by atoms with Crippen LogP contribution in [0.2, 0.25) is 0 Å². The minimum atomic E-state index is -0.897. The van der Waals surface area contributed by atoms with Crippen molar-refractivity contribution in [1.29, 1.82) is 0 Å². The van der Waals surface area contributed by atoms with Crippen molar-refractivity contribution in [3.8, 4) is 0 Å². The number of rotatable bonds is 5. The van der Waals surface area contributed by atoms with Gasteiger partial charge < -0.3 is 15.3 Å². The van der Waals surface area contributed by atoms with Crippen LogP contribution in [0.5, 0.6) is 0 Å². The monoisotopic (exact) mass is 174 g/mol. The lowest BCUT2D eigenvalue weighted by atomic mass is 9.96. The fraction of sp³-hybridized carbons (Fsp3) is 0.778. The molecule has 12 heavy (non-hydrogen) atoms. The lowest BCUT2D eigenvalue weighted by Crippen LogP contribution is -2.28.